The highest BCUT2D eigenvalue weighted by atomic mass is 16.2. The second-order valence-electron chi connectivity index (χ2n) is 5.82. The molecule has 0 saturated carbocycles. The molecule has 1 rings (SSSR count). The van der Waals surface area contributed by atoms with Crippen molar-refractivity contribution in [3.8, 4) is 0 Å². The summed E-state index contributed by atoms with van der Waals surface area (Å²) in [5.74, 6) is 0.207. The number of nitrogens with zero attached hydrogens (tertiary/aromatic N) is 1. The van der Waals surface area contributed by atoms with E-state index in [1.165, 1.54) is 5.56 Å². The van der Waals surface area contributed by atoms with Gasteiger partial charge in [0.1, 0.15) is 0 Å². The van der Waals surface area contributed by atoms with Gasteiger partial charge in [-0.05, 0) is 44.4 Å². The number of hydrogen-bond donors (Lipinski definition) is 1. The first-order chi connectivity index (χ1) is 9.85. The molecule has 0 unspecified atom stereocenters. The third-order valence-electron chi connectivity index (χ3n) is 3.28. The summed E-state index contributed by atoms with van der Waals surface area (Å²) in [5.41, 5.74) is 1.82. The number of rotatable bonds is 6. The third-order valence-corrected chi connectivity index (χ3v) is 3.28. The Labute approximate surface area is 127 Å². The van der Waals surface area contributed by atoms with Gasteiger partial charge in [0.15, 0.2) is 0 Å². The molecule has 0 radical (unpaired) electrons. The lowest BCUT2D eigenvalue weighted by molar-refractivity contribution is -0.122. The minimum absolute atomic E-state index is 0.0802. The van der Waals surface area contributed by atoms with Gasteiger partial charge >= 0.3 is 0 Å². The number of carbonyl (C=O) groups excluding carboxylic acids is 2. The van der Waals surface area contributed by atoms with E-state index in [4.69, 9.17) is 0 Å². The number of hydrogen-bond acceptors (Lipinski definition) is 2. The molecule has 1 aromatic carbocycles. The Bertz CT molecular complexity index is 478. The Morgan fingerprint density at radius 3 is 2.10 bits per heavy atom. The Balaban J connectivity index is 2.76. The van der Waals surface area contributed by atoms with Crippen molar-refractivity contribution < 1.29 is 9.59 Å². The van der Waals surface area contributed by atoms with Crippen molar-refractivity contribution in [2.45, 2.75) is 46.6 Å². The van der Waals surface area contributed by atoms with Gasteiger partial charge in [-0.25, -0.2) is 0 Å². The molecule has 0 atom stereocenters. The van der Waals surface area contributed by atoms with Crippen LogP contribution in [0.2, 0.25) is 0 Å². The Kier molecular flexibility index (Phi) is 6.40. The summed E-state index contributed by atoms with van der Waals surface area (Å²) in [5, 5.41) is 2.81. The Morgan fingerprint density at radius 1 is 1.10 bits per heavy atom. The second kappa shape index (κ2) is 7.81. The molecule has 4 nitrogen and oxygen atoms in total. The van der Waals surface area contributed by atoms with E-state index < -0.39 is 0 Å². The highest BCUT2D eigenvalue weighted by Gasteiger charge is 2.17. The molecule has 0 bridgehead atoms. The maximum absolute atomic E-state index is 12.4. The van der Waals surface area contributed by atoms with Crippen LogP contribution < -0.4 is 5.32 Å². The van der Waals surface area contributed by atoms with Crippen LogP contribution in [0.3, 0.4) is 0 Å². The number of amides is 2. The molecule has 0 aliphatic rings. The molecule has 0 aliphatic heterocycles. The molecule has 21 heavy (non-hydrogen) atoms. The summed E-state index contributed by atoms with van der Waals surface area (Å²) >= 11 is 0. The van der Waals surface area contributed by atoms with E-state index >= 15 is 0 Å². The van der Waals surface area contributed by atoms with Crippen molar-refractivity contribution in [1.82, 2.24) is 10.2 Å². The molecule has 116 valence electrons. The second-order valence-corrected chi connectivity index (χ2v) is 5.82. The van der Waals surface area contributed by atoms with Crippen LogP contribution in [0.1, 0.15) is 56.5 Å². The van der Waals surface area contributed by atoms with E-state index in [9.17, 15) is 9.59 Å². The Hall–Kier alpha value is -1.84. The van der Waals surface area contributed by atoms with Crippen LogP contribution in [0, 0.1) is 0 Å². The molecule has 0 fully saturated rings. The van der Waals surface area contributed by atoms with Crippen LogP contribution in [0.4, 0.5) is 0 Å². The molecule has 0 aromatic heterocycles. The molecule has 2 amide bonds. The predicted octanol–water partition coefficient (Wildman–Crippen LogP) is 2.80. The van der Waals surface area contributed by atoms with Crippen molar-refractivity contribution in [3.63, 3.8) is 0 Å². The quantitative estimate of drug-likeness (QED) is 0.876. The molecular weight excluding hydrogens is 264 g/mol. The largest absolute Gasteiger partial charge is 0.352 e. The summed E-state index contributed by atoms with van der Waals surface area (Å²) in [6, 6.07) is 7.69. The molecule has 4 heteroatoms. The zero-order valence-electron chi connectivity index (χ0n) is 13.6. The maximum Gasteiger partial charge on any atom is 0.254 e. The number of nitrogens with one attached hydrogen (secondary N) is 1. The highest BCUT2D eigenvalue weighted by molar-refractivity contribution is 5.96. The fraction of sp³-hybridized carbons (Fsp3) is 0.529. The van der Waals surface area contributed by atoms with E-state index in [-0.39, 0.29) is 24.4 Å². The van der Waals surface area contributed by atoms with E-state index in [0.717, 1.165) is 0 Å². The molecule has 0 saturated heterocycles. The molecule has 0 aliphatic carbocycles. The van der Waals surface area contributed by atoms with Crippen LogP contribution in [0.15, 0.2) is 24.3 Å². The monoisotopic (exact) mass is 290 g/mol. The molecule has 0 heterocycles. The summed E-state index contributed by atoms with van der Waals surface area (Å²) in [6.07, 6.45) is 0. The summed E-state index contributed by atoms with van der Waals surface area (Å²) in [7, 11) is 0. The van der Waals surface area contributed by atoms with Crippen molar-refractivity contribution in [3.05, 3.63) is 35.4 Å². The van der Waals surface area contributed by atoms with Gasteiger partial charge in [0.25, 0.3) is 5.91 Å². The van der Waals surface area contributed by atoms with Crippen LogP contribution in [0.5, 0.6) is 0 Å². The van der Waals surface area contributed by atoms with Gasteiger partial charge in [0, 0.05) is 18.2 Å². The first-order valence-electron chi connectivity index (χ1n) is 7.53. The van der Waals surface area contributed by atoms with E-state index in [2.05, 4.69) is 19.2 Å². The van der Waals surface area contributed by atoms with Gasteiger partial charge < -0.3 is 10.2 Å². The SMILES string of the molecule is CCN(CC(=O)NC(C)C)C(=O)c1ccc(C(C)C)cc1. The van der Waals surface area contributed by atoms with E-state index in [0.29, 0.717) is 18.0 Å². The third kappa shape index (κ3) is 5.21. The minimum Gasteiger partial charge on any atom is -0.352 e. The minimum atomic E-state index is -0.126. The average molecular weight is 290 g/mol. The first kappa shape index (κ1) is 17.2. The zero-order valence-corrected chi connectivity index (χ0v) is 13.6. The summed E-state index contributed by atoms with van der Waals surface area (Å²) in [4.78, 5) is 25.8. The summed E-state index contributed by atoms with van der Waals surface area (Å²) in [6.45, 7) is 10.5. The zero-order chi connectivity index (χ0) is 16.0. The Morgan fingerprint density at radius 2 is 1.67 bits per heavy atom. The molecule has 0 spiro atoms. The van der Waals surface area contributed by atoms with Crippen molar-refractivity contribution >= 4 is 11.8 Å². The van der Waals surface area contributed by atoms with Crippen LogP contribution in [-0.2, 0) is 4.79 Å². The fourth-order valence-corrected chi connectivity index (χ4v) is 2.06. The molecular formula is C17H26N2O2. The van der Waals surface area contributed by atoms with Crippen molar-refractivity contribution in [2.24, 2.45) is 0 Å². The highest BCUT2D eigenvalue weighted by Crippen LogP contribution is 2.15. The normalized spacial score (nSPS) is 10.8. The lowest BCUT2D eigenvalue weighted by Gasteiger charge is -2.21. The van der Waals surface area contributed by atoms with Gasteiger partial charge in [-0.3, -0.25) is 9.59 Å². The van der Waals surface area contributed by atoms with Gasteiger partial charge in [-0.1, -0.05) is 26.0 Å². The lowest BCUT2D eigenvalue weighted by atomic mass is 10.0. The van der Waals surface area contributed by atoms with Crippen molar-refractivity contribution in [2.75, 3.05) is 13.1 Å². The topological polar surface area (TPSA) is 49.4 Å². The van der Waals surface area contributed by atoms with Crippen molar-refractivity contribution in [1.29, 1.82) is 0 Å². The maximum atomic E-state index is 12.4. The van der Waals surface area contributed by atoms with Crippen LogP contribution in [0.25, 0.3) is 0 Å². The van der Waals surface area contributed by atoms with Gasteiger partial charge in [0.2, 0.25) is 5.91 Å². The smallest absolute Gasteiger partial charge is 0.254 e. The predicted molar refractivity (Wildman–Crippen MR) is 85.4 cm³/mol. The van der Waals surface area contributed by atoms with Gasteiger partial charge in [0.05, 0.1) is 6.54 Å². The summed E-state index contributed by atoms with van der Waals surface area (Å²) < 4.78 is 0. The fourth-order valence-electron chi connectivity index (χ4n) is 2.06. The molecule has 1 N–H and O–H groups in total. The van der Waals surface area contributed by atoms with Gasteiger partial charge in [-0.2, -0.15) is 0 Å². The van der Waals surface area contributed by atoms with Gasteiger partial charge in [-0.15, -0.1) is 0 Å². The van der Waals surface area contributed by atoms with Crippen LogP contribution >= 0.6 is 0 Å². The lowest BCUT2D eigenvalue weighted by Crippen LogP contribution is -2.42. The average Bonchev–Trinajstić information content (AvgIpc) is 2.43. The number of benzene rings is 1. The van der Waals surface area contributed by atoms with E-state index in [1.807, 2.05) is 45.0 Å². The first-order valence-corrected chi connectivity index (χ1v) is 7.53. The standard InChI is InChI=1S/C17H26N2O2/c1-6-19(11-16(20)18-13(4)5)17(21)15-9-7-14(8-10-15)12(2)3/h7-10,12-13H,6,11H2,1-5H3,(H,18,20). The number of carbonyl (C=O) groups is 2. The molecule has 1 aromatic rings. The van der Waals surface area contributed by atoms with Crippen LogP contribution in [-0.4, -0.2) is 35.8 Å². The number of likely N-dealkylation sites (N-methyl/N-ethyl adjacent to an activating group) is 1. The van der Waals surface area contributed by atoms with E-state index in [1.54, 1.807) is 4.90 Å².